The molecule has 2 aliphatic rings. The summed E-state index contributed by atoms with van der Waals surface area (Å²) in [4.78, 5) is 31.8. The highest BCUT2D eigenvalue weighted by molar-refractivity contribution is 7.84. The fourth-order valence-electron chi connectivity index (χ4n) is 5.49. The van der Waals surface area contributed by atoms with E-state index in [2.05, 4.69) is 20.5 Å². The first-order chi connectivity index (χ1) is 20.1. The van der Waals surface area contributed by atoms with Gasteiger partial charge in [-0.2, -0.15) is 0 Å². The van der Waals surface area contributed by atoms with Crippen LogP contribution < -0.4 is 10.6 Å². The second kappa shape index (κ2) is 14.2. The minimum Gasteiger partial charge on any atom is -0.412 e. The first-order valence-corrected chi connectivity index (χ1v) is 16.0. The number of hydrogen-bond acceptors (Lipinski definition) is 5. The van der Waals surface area contributed by atoms with Gasteiger partial charge in [0.25, 0.3) is 5.91 Å². The van der Waals surface area contributed by atoms with Crippen LogP contribution in [0.25, 0.3) is 11.6 Å². The number of aromatic amines is 1. The number of carbonyl (C=O) groups is 2. The molecule has 2 aliphatic heterocycles. The van der Waals surface area contributed by atoms with E-state index in [0.717, 1.165) is 48.4 Å². The van der Waals surface area contributed by atoms with Gasteiger partial charge in [-0.15, -0.1) is 0 Å². The van der Waals surface area contributed by atoms with Gasteiger partial charge in [-0.05, 0) is 87.3 Å². The molecule has 6 N–H and O–H groups in total. The third-order valence-electron chi connectivity index (χ3n) is 7.83. The van der Waals surface area contributed by atoms with E-state index in [4.69, 9.17) is 23.2 Å². The third kappa shape index (κ3) is 7.57. The van der Waals surface area contributed by atoms with Crippen molar-refractivity contribution in [3.63, 3.8) is 0 Å². The molecule has 1 saturated heterocycles. The predicted molar refractivity (Wildman–Crippen MR) is 172 cm³/mol. The van der Waals surface area contributed by atoms with Crippen molar-refractivity contribution in [2.75, 3.05) is 31.5 Å². The Morgan fingerprint density at radius 2 is 1.84 bits per heavy atom. The van der Waals surface area contributed by atoms with Crippen molar-refractivity contribution in [1.82, 2.24) is 15.2 Å². The highest BCUT2D eigenvalue weighted by Crippen LogP contribution is 2.36. The Morgan fingerprint density at radius 1 is 1.14 bits per heavy atom. The van der Waals surface area contributed by atoms with Gasteiger partial charge in [0, 0.05) is 56.2 Å². The molecule has 2 aromatic carbocycles. The fourth-order valence-corrected chi connectivity index (χ4v) is 7.39. The highest BCUT2D eigenvalue weighted by atomic mass is 35.5. The molecule has 0 radical (unpaired) electrons. The minimum absolute atomic E-state index is 0. The second-order valence-corrected chi connectivity index (χ2v) is 13.1. The fraction of sp³-hybridized carbons (Fsp3) is 0.355. The van der Waals surface area contributed by atoms with Crippen LogP contribution in [0.3, 0.4) is 0 Å². The third-order valence-corrected chi connectivity index (χ3v) is 9.87. The number of nitrogens with zero attached hydrogens (tertiary/aromatic N) is 1. The molecule has 0 spiro atoms. The minimum atomic E-state index is -1.45. The number of β-amino-alcohol motifs (C(OH)–C–C–N with tert-alkyl or cyclic N) is 1. The maximum atomic E-state index is 13.3. The number of anilines is 1. The molecule has 5 rings (SSSR count). The summed E-state index contributed by atoms with van der Waals surface area (Å²) in [5, 5.41) is 16.9. The number of hydrogen-bond donors (Lipinski definition) is 4. The normalized spacial score (nSPS) is 17.0. The number of benzene rings is 2. The molecule has 1 fully saturated rings. The monoisotopic (exact) mass is 646 g/mol. The standard InChI is InChI=1S/C31H34Cl2N4O4S.H2O/c1-18-22(14-30(39)34-15-20(38)16-37-10-3-4-11-37)19(2)35-29(18)13-24-23-12-21(8-9-28(23)36-31(24)40)42(41)17-25-26(32)6-5-7-27(25)33;/h5-9,12-13,20,35,38H,3-4,10-11,14-17H2,1-2H3,(H,34,39)(H,36,40);1H2/b24-13-;. The van der Waals surface area contributed by atoms with Crippen LogP contribution in [0.4, 0.5) is 5.69 Å². The average molecular weight is 648 g/mol. The molecule has 2 atom stereocenters. The van der Waals surface area contributed by atoms with Gasteiger partial charge in [0.15, 0.2) is 0 Å². The summed E-state index contributed by atoms with van der Waals surface area (Å²) >= 11 is 12.6. The van der Waals surface area contributed by atoms with E-state index < -0.39 is 16.9 Å². The summed E-state index contributed by atoms with van der Waals surface area (Å²) in [6.07, 6.45) is 3.61. The van der Waals surface area contributed by atoms with E-state index in [1.807, 2.05) is 13.8 Å². The Labute approximate surface area is 263 Å². The largest absolute Gasteiger partial charge is 0.412 e. The van der Waals surface area contributed by atoms with Crippen LogP contribution in [-0.2, 0) is 32.6 Å². The molecule has 1 aromatic heterocycles. The number of halogens is 2. The second-order valence-electron chi connectivity index (χ2n) is 10.8. The van der Waals surface area contributed by atoms with E-state index in [1.165, 1.54) is 0 Å². The maximum absolute atomic E-state index is 13.3. The number of amides is 2. The summed E-state index contributed by atoms with van der Waals surface area (Å²) < 4.78 is 13.3. The Kier molecular flexibility index (Phi) is 10.9. The number of aromatic nitrogens is 1. The number of fused-ring (bicyclic) bond motifs is 1. The van der Waals surface area contributed by atoms with Crippen LogP contribution in [-0.4, -0.2) is 68.8 Å². The van der Waals surface area contributed by atoms with Crippen molar-refractivity contribution >= 4 is 63.2 Å². The average Bonchev–Trinajstić information content (AvgIpc) is 3.64. The van der Waals surface area contributed by atoms with Crippen molar-refractivity contribution in [1.29, 1.82) is 0 Å². The molecule has 0 saturated carbocycles. The molecule has 2 amide bonds. The lowest BCUT2D eigenvalue weighted by atomic mass is 10.0. The molecule has 230 valence electrons. The molecule has 3 aromatic rings. The molecule has 12 heteroatoms. The number of aliphatic hydroxyl groups excluding tert-OH is 1. The van der Waals surface area contributed by atoms with Crippen molar-refractivity contribution in [3.05, 3.63) is 80.1 Å². The number of H-pyrrole nitrogens is 1. The zero-order valence-corrected chi connectivity index (χ0v) is 26.4. The van der Waals surface area contributed by atoms with Gasteiger partial charge >= 0.3 is 0 Å². The molecule has 2 unspecified atom stereocenters. The lowest BCUT2D eigenvalue weighted by molar-refractivity contribution is -0.121. The van der Waals surface area contributed by atoms with Gasteiger partial charge in [-0.3, -0.25) is 13.8 Å². The van der Waals surface area contributed by atoms with Crippen LogP contribution in [0.5, 0.6) is 0 Å². The zero-order valence-electron chi connectivity index (χ0n) is 24.1. The summed E-state index contributed by atoms with van der Waals surface area (Å²) in [5.74, 6) is -0.289. The van der Waals surface area contributed by atoms with Gasteiger partial charge in [0.2, 0.25) is 5.91 Å². The highest BCUT2D eigenvalue weighted by Gasteiger charge is 2.27. The van der Waals surface area contributed by atoms with Gasteiger partial charge in [-0.1, -0.05) is 29.3 Å². The van der Waals surface area contributed by atoms with Crippen LogP contribution in [0, 0.1) is 13.8 Å². The summed E-state index contributed by atoms with van der Waals surface area (Å²) in [7, 11) is -1.45. The van der Waals surface area contributed by atoms with Crippen molar-refractivity contribution in [2.24, 2.45) is 0 Å². The number of rotatable bonds is 10. The van der Waals surface area contributed by atoms with Gasteiger partial charge < -0.3 is 31.1 Å². The Morgan fingerprint density at radius 3 is 2.53 bits per heavy atom. The number of aryl methyl sites for hydroxylation is 1. The van der Waals surface area contributed by atoms with Crippen LogP contribution in [0.1, 0.15) is 46.5 Å². The summed E-state index contributed by atoms with van der Waals surface area (Å²) in [6.45, 7) is 6.55. The lowest BCUT2D eigenvalue weighted by Crippen LogP contribution is -2.39. The number of nitrogens with one attached hydrogen (secondary N) is 3. The quantitative estimate of drug-likeness (QED) is 0.246. The summed E-state index contributed by atoms with van der Waals surface area (Å²) in [6, 6.07) is 10.4. The van der Waals surface area contributed by atoms with E-state index in [1.54, 1.807) is 42.5 Å². The number of aliphatic hydroxyl groups is 1. The molecule has 9 nitrogen and oxygen atoms in total. The SMILES string of the molecule is Cc1[nH]c(/C=C2\C(=O)Nc3ccc(S(=O)Cc4c(Cl)cccc4Cl)cc32)c(C)c1CC(=O)NCC(O)CN1CCCC1.O. The Bertz CT molecular complexity index is 1560. The van der Waals surface area contributed by atoms with Crippen LogP contribution >= 0.6 is 23.2 Å². The van der Waals surface area contributed by atoms with Crippen molar-refractivity contribution in [2.45, 2.75) is 49.9 Å². The molecule has 0 aliphatic carbocycles. The Hall–Kier alpha value is -2.99. The summed E-state index contributed by atoms with van der Waals surface area (Å²) in [5.41, 5.74) is 5.59. The zero-order chi connectivity index (χ0) is 30.0. The van der Waals surface area contributed by atoms with E-state index in [0.29, 0.717) is 43.9 Å². The number of carbonyl (C=O) groups excluding carboxylic acids is 2. The molecule has 0 bridgehead atoms. The van der Waals surface area contributed by atoms with E-state index in [-0.39, 0.29) is 36.0 Å². The van der Waals surface area contributed by atoms with Gasteiger partial charge in [0.05, 0.1) is 34.7 Å². The molecular weight excluding hydrogens is 611 g/mol. The van der Waals surface area contributed by atoms with E-state index >= 15 is 0 Å². The van der Waals surface area contributed by atoms with Gasteiger partial charge in [0.1, 0.15) is 0 Å². The molecule has 43 heavy (non-hydrogen) atoms. The van der Waals surface area contributed by atoms with Crippen LogP contribution in [0.15, 0.2) is 41.3 Å². The topological polar surface area (TPSA) is 146 Å². The molecule has 3 heterocycles. The first kappa shape index (κ1) is 32.9. The maximum Gasteiger partial charge on any atom is 0.256 e. The first-order valence-electron chi connectivity index (χ1n) is 13.9. The Balaban J connectivity index is 0.00000423. The smallest absolute Gasteiger partial charge is 0.256 e. The molecular formula is C31H36Cl2N4O5S. The van der Waals surface area contributed by atoms with Crippen molar-refractivity contribution < 1.29 is 24.4 Å². The predicted octanol–water partition coefficient (Wildman–Crippen LogP) is 4.03. The van der Waals surface area contributed by atoms with E-state index in [9.17, 15) is 18.9 Å². The van der Waals surface area contributed by atoms with Gasteiger partial charge in [-0.25, -0.2) is 0 Å². The van der Waals surface area contributed by atoms with Crippen molar-refractivity contribution in [3.8, 4) is 0 Å². The van der Waals surface area contributed by atoms with Crippen LogP contribution in [0.2, 0.25) is 10.0 Å². The number of likely N-dealkylation sites (tertiary alicyclic amines) is 1. The lowest BCUT2D eigenvalue weighted by Gasteiger charge is -2.19.